The molecule has 1 saturated carbocycles. The van der Waals surface area contributed by atoms with E-state index in [4.69, 9.17) is 9.72 Å². The number of imide groups is 1. The Kier molecular flexibility index (Phi) is 13.2. The normalized spacial score (nSPS) is 20.4. The number of methoxy groups -OCH3 is 1. The number of rotatable bonds is 13. The number of nitrogens with zero attached hydrogens (tertiary/aromatic N) is 6. The molecule has 0 spiro atoms. The van der Waals surface area contributed by atoms with Gasteiger partial charge in [-0.25, -0.2) is 4.98 Å². The molecule has 13 nitrogen and oxygen atoms in total. The second kappa shape index (κ2) is 18.7. The summed E-state index contributed by atoms with van der Waals surface area (Å²) in [4.78, 5) is 47.5. The molecule has 3 aromatic carbocycles. The molecule has 1 unspecified atom stereocenters. The highest BCUT2D eigenvalue weighted by atomic mass is 79.9. The van der Waals surface area contributed by atoms with Gasteiger partial charge in [0.1, 0.15) is 24.2 Å². The van der Waals surface area contributed by atoms with Crippen molar-refractivity contribution in [3.63, 3.8) is 0 Å². The van der Waals surface area contributed by atoms with Crippen molar-refractivity contribution in [3.05, 3.63) is 93.8 Å². The van der Waals surface area contributed by atoms with E-state index in [1.54, 1.807) is 39.0 Å². The number of benzene rings is 3. The largest absolute Gasteiger partial charge is 0.495 e. The Morgan fingerprint density at radius 1 is 0.902 bits per heavy atom. The zero-order valence-electron chi connectivity index (χ0n) is 35.4. The first-order valence-electron chi connectivity index (χ1n) is 21.4. The summed E-state index contributed by atoms with van der Waals surface area (Å²) in [6.07, 6.45) is 12.5. The van der Waals surface area contributed by atoms with Crippen molar-refractivity contribution < 1.29 is 18.9 Å². The average Bonchev–Trinajstić information content (AvgIpc) is 3.26. The van der Waals surface area contributed by atoms with Crippen LogP contribution in [0.2, 0.25) is 0 Å². The number of nitrogens with one attached hydrogen (secondary N) is 3. The van der Waals surface area contributed by atoms with Gasteiger partial charge in [-0.15, -0.1) is 0 Å². The molecule has 0 bridgehead atoms. The number of halogens is 1. The maximum Gasteiger partial charge on any atom is 0.234 e. The quantitative estimate of drug-likeness (QED) is 0.0778. The van der Waals surface area contributed by atoms with E-state index in [1.165, 1.54) is 29.5 Å². The predicted molar refractivity (Wildman–Crippen MR) is 246 cm³/mol. The van der Waals surface area contributed by atoms with Crippen LogP contribution in [0, 0.1) is 0 Å². The second-order valence-corrected chi connectivity index (χ2v) is 20.9. The SMILES string of the molecule is CCc1cc(Nc2ncc(Br)c(Nc3ccc4nccnc4c3P(C)(C)=O)n2)c(OC)cc1C1CCC(N2CCN(CCc3ccc(C4CCC(=O)NC4=O)cc3)CC2)CC1. The van der Waals surface area contributed by atoms with E-state index in [0.29, 0.717) is 63.1 Å². The number of piperazine rings is 1. The third kappa shape index (κ3) is 9.83. The third-order valence-electron chi connectivity index (χ3n) is 12.6. The maximum atomic E-state index is 13.5. The van der Waals surface area contributed by atoms with Gasteiger partial charge in [0.25, 0.3) is 0 Å². The van der Waals surface area contributed by atoms with Gasteiger partial charge in [-0.05, 0) is 127 Å². The predicted octanol–water partition coefficient (Wildman–Crippen LogP) is 7.90. The Balaban J connectivity index is 0.862. The smallest absolute Gasteiger partial charge is 0.234 e. The molecule has 61 heavy (non-hydrogen) atoms. The number of hydrogen-bond acceptors (Lipinski definition) is 12. The van der Waals surface area contributed by atoms with Gasteiger partial charge >= 0.3 is 0 Å². The molecule has 15 heteroatoms. The highest BCUT2D eigenvalue weighted by molar-refractivity contribution is 9.10. The van der Waals surface area contributed by atoms with Gasteiger partial charge in [0.2, 0.25) is 17.8 Å². The van der Waals surface area contributed by atoms with Crippen LogP contribution in [0.4, 0.5) is 23.1 Å². The number of piperidine rings is 1. The molecule has 3 fully saturated rings. The van der Waals surface area contributed by atoms with Gasteiger partial charge in [0.15, 0.2) is 0 Å². The minimum absolute atomic E-state index is 0.175. The fraction of sp³-hybridized carbons (Fsp3) is 0.435. The molecular weight excluding hydrogens is 853 g/mol. The summed E-state index contributed by atoms with van der Waals surface area (Å²) >= 11 is 3.61. The standard InChI is InChI=1S/C46H55BrN9O4P/c1-5-30-26-39(52-46-50-28-36(47)44(54-46)51-38-16-15-37-42(49-20-19-48-37)43(38)61(3,4)59)40(60-2)27-35(30)32-10-12-33(13-11-32)56-24-22-55(23-25-56)21-18-29-6-8-31(9-7-29)34-14-17-41(57)53-45(34)58/h6-9,15-16,19-20,26-28,32-34H,5,10-14,17-18,21-25H2,1-4H3,(H,53,57,58)(H2,50,51,52,54). The monoisotopic (exact) mass is 907 g/mol. The second-order valence-electron chi connectivity index (χ2n) is 16.9. The van der Waals surface area contributed by atoms with Crippen molar-refractivity contribution in [2.24, 2.45) is 0 Å². The zero-order valence-corrected chi connectivity index (χ0v) is 37.9. The van der Waals surface area contributed by atoms with Crippen molar-refractivity contribution in [3.8, 4) is 5.75 Å². The van der Waals surface area contributed by atoms with Crippen molar-refractivity contribution in [1.29, 1.82) is 0 Å². The van der Waals surface area contributed by atoms with Gasteiger partial charge in [-0.2, -0.15) is 4.98 Å². The van der Waals surface area contributed by atoms with Crippen molar-refractivity contribution in [2.75, 3.05) is 63.8 Å². The lowest BCUT2D eigenvalue weighted by molar-refractivity contribution is -0.134. The number of fused-ring (bicyclic) bond motifs is 1. The summed E-state index contributed by atoms with van der Waals surface area (Å²) < 4.78 is 20.2. The Morgan fingerprint density at radius 2 is 1.66 bits per heavy atom. The summed E-state index contributed by atoms with van der Waals surface area (Å²) in [6, 6.07) is 17.1. The number of aryl methyl sites for hydroxylation is 1. The lowest BCUT2D eigenvalue weighted by atomic mass is 9.79. The molecule has 2 aliphatic heterocycles. The topological polar surface area (TPSA) is 155 Å². The molecular formula is C46H55BrN9O4P. The Morgan fingerprint density at radius 3 is 2.36 bits per heavy atom. The number of carbonyl (C=O) groups excluding carboxylic acids is 2. The lowest BCUT2D eigenvalue weighted by Crippen LogP contribution is -2.51. The average molecular weight is 909 g/mol. The van der Waals surface area contributed by atoms with Gasteiger partial charge in [-0.3, -0.25) is 29.8 Å². The van der Waals surface area contributed by atoms with E-state index in [0.717, 1.165) is 75.4 Å². The maximum absolute atomic E-state index is 13.5. The van der Waals surface area contributed by atoms with Gasteiger partial charge < -0.3 is 24.8 Å². The van der Waals surface area contributed by atoms with Crippen LogP contribution in [0.15, 0.2) is 71.6 Å². The number of ether oxygens (including phenoxy) is 1. The summed E-state index contributed by atoms with van der Waals surface area (Å²) in [5, 5.41) is 9.91. The van der Waals surface area contributed by atoms with Gasteiger partial charge in [-0.1, -0.05) is 31.2 Å². The third-order valence-corrected chi connectivity index (χ3v) is 14.7. The Hall–Kier alpha value is -4.75. The van der Waals surface area contributed by atoms with E-state index in [9.17, 15) is 14.2 Å². The molecule has 8 rings (SSSR count). The fourth-order valence-electron chi connectivity index (χ4n) is 9.34. The lowest BCUT2D eigenvalue weighted by Gasteiger charge is -2.42. The number of amides is 2. The van der Waals surface area contributed by atoms with Crippen LogP contribution in [0.3, 0.4) is 0 Å². The van der Waals surface area contributed by atoms with Crippen LogP contribution in [0.1, 0.15) is 79.5 Å². The molecule has 2 amide bonds. The van der Waals surface area contributed by atoms with E-state index >= 15 is 0 Å². The van der Waals surface area contributed by atoms with Crippen LogP contribution in [0.25, 0.3) is 11.0 Å². The first-order valence-corrected chi connectivity index (χ1v) is 24.8. The molecule has 2 saturated heterocycles. The van der Waals surface area contributed by atoms with Crippen molar-refractivity contribution >= 4 is 74.4 Å². The summed E-state index contributed by atoms with van der Waals surface area (Å²) in [5.41, 5.74) is 7.69. The minimum atomic E-state index is -2.76. The fourth-order valence-corrected chi connectivity index (χ4v) is 11.0. The van der Waals surface area contributed by atoms with Gasteiger partial charge in [0, 0.05) is 63.8 Å². The number of aromatic nitrogens is 4. The number of anilines is 4. The molecule has 1 atom stereocenters. The number of carbonyl (C=O) groups is 2. The molecule has 1 aliphatic carbocycles. The van der Waals surface area contributed by atoms with E-state index < -0.39 is 7.14 Å². The summed E-state index contributed by atoms with van der Waals surface area (Å²) in [7, 11) is -1.05. The molecule has 0 radical (unpaired) electrons. The van der Waals surface area contributed by atoms with E-state index in [2.05, 4.69) is 100.0 Å². The Labute approximate surface area is 366 Å². The molecule has 3 N–H and O–H groups in total. The first-order chi connectivity index (χ1) is 29.5. The zero-order chi connectivity index (χ0) is 42.7. The minimum Gasteiger partial charge on any atom is -0.495 e. The highest BCUT2D eigenvalue weighted by Gasteiger charge is 2.31. The molecule has 5 aromatic rings. The van der Waals surface area contributed by atoms with Crippen LogP contribution in [-0.4, -0.2) is 101 Å². The van der Waals surface area contributed by atoms with E-state index in [-0.39, 0.29) is 17.7 Å². The molecule has 320 valence electrons. The molecule has 3 aliphatic rings. The summed E-state index contributed by atoms with van der Waals surface area (Å²) in [5.74, 6) is 1.57. The summed E-state index contributed by atoms with van der Waals surface area (Å²) in [6.45, 7) is 11.1. The van der Waals surface area contributed by atoms with Crippen LogP contribution in [0.5, 0.6) is 5.75 Å². The Bertz CT molecular complexity index is 2450. The first kappa shape index (κ1) is 42.9. The van der Waals surface area contributed by atoms with Crippen molar-refractivity contribution in [1.82, 2.24) is 35.1 Å². The van der Waals surface area contributed by atoms with Crippen LogP contribution >= 0.6 is 23.1 Å². The van der Waals surface area contributed by atoms with E-state index in [1.807, 2.05) is 12.1 Å². The molecule has 4 heterocycles. The highest BCUT2D eigenvalue weighted by Crippen LogP contribution is 2.43. The van der Waals surface area contributed by atoms with Gasteiger partial charge in [0.05, 0.1) is 39.7 Å². The van der Waals surface area contributed by atoms with Crippen LogP contribution in [-0.2, 0) is 27.0 Å². The van der Waals surface area contributed by atoms with Crippen molar-refractivity contribution in [2.45, 2.75) is 76.2 Å². The van der Waals surface area contributed by atoms with Crippen LogP contribution < -0.4 is 26.0 Å². The molecule has 2 aromatic heterocycles. The number of hydrogen-bond donors (Lipinski definition) is 3.